The highest BCUT2D eigenvalue weighted by atomic mass is 16.6. The molecule has 0 rings (SSSR count). The van der Waals surface area contributed by atoms with Crippen LogP contribution in [-0.4, -0.2) is 80.6 Å². The van der Waals surface area contributed by atoms with Gasteiger partial charge in [0.05, 0.1) is 34.4 Å². The molecule has 1 N–H and O–H groups in total. The maximum Gasteiger partial charge on any atom is 0.362 e. The van der Waals surface area contributed by atoms with Crippen molar-refractivity contribution in [1.82, 2.24) is 0 Å². The van der Waals surface area contributed by atoms with E-state index in [1.165, 1.54) is 77.0 Å². The summed E-state index contributed by atoms with van der Waals surface area (Å²) in [6.45, 7) is 4.65. The van der Waals surface area contributed by atoms with Crippen LogP contribution in [0, 0.1) is 0 Å². The molecule has 0 radical (unpaired) electrons. The molecule has 0 fully saturated rings. The molecule has 0 aromatic rings. The Hall–Kier alpha value is -2.97. The van der Waals surface area contributed by atoms with Gasteiger partial charge in [0.15, 0.2) is 12.1 Å². The molecule has 0 aromatic carbocycles. The lowest BCUT2D eigenvalue weighted by atomic mass is 10.1. The van der Waals surface area contributed by atoms with Crippen molar-refractivity contribution < 1.29 is 38.2 Å². The highest BCUT2D eigenvalue weighted by Gasteiger charge is 2.31. The zero-order valence-electron chi connectivity index (χ0n) is 36.6. The van der Waals surface area contributed by atoms with Crippen molar-refractivity contribution in [3.05, 3.63) is 60.8 Å². The number of allylic oxidation sites excluding steroid dienone is 10. The van der Waals surface area contributed by atoms with Crippen molar-refractivity contribution >= 4 is 17.9 Å². The average molecular weight is 787 g/mol. The number of carboxylic acid groups (broad SMARTS) is 1. The zero-order chi connectivity index (χ0) is 41.4. The first-order valence-corrected chi connectivity index (χ1v) is 22.3. The lowest BCUT2D eigenvalue weighted by molar-refractivity contribution is -0.887. The number of unbranched alkanes of at least 4 members (excludes halogenated alkanes) is 15. The fourth-order valence-corrected chi connectivity index (χ4v) is 6.17. The number of hydrogen-bond acceptors (Lipinski definition) is 6. The molecule has 0 heterocycles. The second kappa shape index (κ2) is 38.9. The Morgan fingerprint density at radius 3 is 1.43 bits per heavy atom. The van der Waals surface area contributed by atoms with E-state index in [0.717, 1.165) is 57.8 Å². The maximum absolute atomic E-state index is 12.7. The predicted octanol–water partition coefficient (Wildman–Crippen LogP) is 12.2. The van der Waals surface area contributed by atoms with Crippen molar-refractivity contribution in [3.63, 3.8) is 0 Å². The van der Waals surface area contributed by atoms with E-state index in [9.17, 15) is 19.5 Å². The Morgan fingerprint density at radius 1 is 0.536 bits per heavy atom. The van der Waals surface area contributed by atoms with Gasteiger partial charge in [-0.15, -0.1) is 0 Å². The van der Waals surface area contributed by atoms with Crippen LogP contribution in [0.5, 0.6) is 0 Å². The van der Waals surface area contributed by atoms with E-state index in [2.05, 4.69) is 74.6 Å². The number of likely N-dealkylation sites (N-methyl/N-ethyl adjacent to an activating group) is 1. The number of carbonyl (C=O) groups excluding carboxylic acids is 2. The molecule has 0 aliphatic carbocycles. The van der Waals surface area contributed by atoms with Crippen LogP contribution in [0.2, 0.25) is 0 Å². The molecule has 56 heavy (non-hydrogen) atoms. The van der Waals surface area contributed by atoms with Gasteiger partial charge in [-0.1, -0.05) is 152 Å². The number of carbonyl (C=O) groups is 3. The Kier molecular flexibility index (Phi) is 36.8. The fraction of sp³-hybridized carbons (Fsp3) is 0.729. The number of ether oxygens (including phenoxy) is 3. The van der Waals surface area contributed by atoms with E-state index in [1.54, 1.807) is 0 Å². The third-order valence-electron chi connectivity index (χ3n) is 9.67. The number of carboxylic acids is 1. The van der Waals surface area contributed by atoms with E-state index >= 15 is 0 Å². The number of quaternary nitrogens is 1. The minimum Gasteiger partial charge on any atom is -0.477 e. The molecule has 8 heteroatoms. The first kappa shape index (κ1) is 53.0. The van der Waals surface area contributed by atoms with Gasteiger partial charge in [-0.05, 0) is 64.2 Å². The van der Waals surface area contributed by atoms with Crippen molar-refractivity contribution in [3.8, 4) is 0 Å². The van der Waals surface area contributed by atoms with Gasteiger partial charge in [0, 0.05) is 19.3 Å². The van der Waals surface area contributed by atoms with Gasteiger partial charge in [-0.2, -0.15) is 0 Å². The van der Waals surface area contributed by atoms with Crippen molar-refractivity contribution in [2.45, 2.75) is 187 Å². The van der Waals surface area contributed by atoms with E-state index in [-0.39, 0.29) is 42.7 Å². The third-order valence-corrected chi connectivity index (χ3v) is 9.67. The largest absolute Gasteiger partial charge is 0.477 e. The molecule has 0 spiro atoms. The lowest BCUT2D eigenvalue weighted by Crippen LogP contribution is -2.50. The number of rotatable bonds is 39. The van der Waals surface area contributed by atoms with Crippen LogP contribution >= 0.6 is 0 Å². The molecule has 0 saturated heterocycles. The van der Waals surface area contributed by atoms with E-state index < -0.39 is 18.1 Å². The molecule has 0 saturated carbocycles. The summed E-state index contributed by atoms with van der Waals surface area (Å²) in [5.74, 6) is -1.53. The molecule has 0 amide bonds. The van der Waals surface area contributed by atoms with Crippen LogP contribution in [0.25, 0.3) is 0 Å². The molecule has 0 aromatic heterocycles. The number of esters is 2. The van der Waals surface area contributed by atoms with Gasteiger partial charge >= 0.3 is 17.9 Å². The Balaban J connectivity index is 4.42. The minimum atomic E-state index is -0.884. The number of aliphatic carboxylic acids is 1. The summed E-state index contributed by atoms with van der Waals surface area (Å²) in [4.78, 5) is 36.9. The summed E-state index contributed by atoms with van der Waals surface area (Å²) in [6.07, 6.45) is 46.9. The molecule has 0 aliphatic rings. The van der Waals surface area contributed by atoms with Gasteiger partial charge < -0.3 is 23.8 Å². The van der Waals surface area contributed by atoms with Gasteiger partial charge in [-0.25, -0.2) is 4.79 Å². The van der Waals surface area contributed by atoms with Crippen LogP contribution in [0.1, 0.15) is 174 Å². The fourth-order valence-electron chi connectivity index (χ4n) is 6.17. The summed E-state index contributed by atoms with van der Waals surface area (Å²) in [5.41, 5.74) is 0. The molecule has 0 bridgehead atoms. The smallest absolute Gasteiger partial charge is 0.362 e. The Bertz CT molecular complexity index is 1100. The third kappa shape index (κ3) is 36.7. The zero-order valence-corrected chi connectivity index (χ0v) is 36.6. The minimum absolute atomic E-state index is 0.0428. The second-order valence-corrected chi connectivity index (χ2v) is 16.0. The molecule has 8 nitrogen and oxygen atoms in total. The summed E-state index contributed by atoms with van der Waals surface area (Å²) in [5, 5.41) is 9.61. The van der Waals surface area contributed by atoms with Crippen LogP contribution < -0.4 is 0 Å². The summed E-state index contributed by atoms with van der Waals surface area (Å²) in [7, 11) is 5.50. The van der Waals surface area contributed by atoms with Crippen LogP contribution in [-0.2, 0) is 28.6 Å². The molecule has 2 atom stereocenters. The standard InChI is InChI=1S/C48H83NO7/c1-6-8-10-12-14-16-18-19-20-21-22-23-24-25-26-27-29-31-33-35-37-39-47(51)56-44(42-54-41-40-45(48(52)53)49(3,4)5)43-55-46(50)38-36-34-32-30-28-17-15-13-11-9-7-2/h14,16,19-20,22-23,25-26,29,31,44-45H,6-13,15,17-18,21,24,27-28,30,32-43H2,1-5H3/p+1/b16-14+,20-19+,23-22+,26-25+,31-29+. The summed E-state index contributed by atoms with van der Waals surface area (Å²) >= 11 is 0. The quantitative estimate of drug-likeness (QED) is 0.0287. The highest BCUT2D eigenvalue weighted by Crippen LogP contribution is 2.13. The van der Waals surface area contributed by atoms with E-state index in [1.807, 2.05) is 21.1 Å². The van der Waals surface area contributed by atoms with Crippen LogP contribution in [0.4, 0.5) is 0 Å². The summed E-state index contributed by atoms with van der Waals surface area (Å²) in [6, 6.07) is -0.623. The Morgan fingerprint density at radius 2 is 0.946 bits per heavy atom. The maximum atomic E-state index is 12.7. The molecule has 2 unspecified atom stereocenters. The van der Waals surface area contributed by atoms with Crippen LogP contribution in [0.3, 0.4) is 0 Å². The van der Waals surface area contributed by atoms with Gasteiger partial charge in [0.25, 0.3) is 0 Å². The monoisotopic (exact) mass is 787 g/mol. The first-order valence-electron chi connectivity index (χ1n) is 22.3. The summed E-state index contributed by atoms with van der Waals surface area (Å²) < 4.78 is 17.2. The van der Waals surface area contributed by atoms with Crippen molar-refractivity contribution in [1.29, 1.82) is 0 Å². The number of nitrogens with zero attached hydrogens (tertiary/aromatic N) is 1. The van der Waals surface area contributed by atoms with E-state index in [0.29, 0.717) is 19.3 Å². The van der Waals surface area contributed by atoms with Crippen molar-refractivity contribution in [2.75, 3.05) is 41.0 Å². The number of hydrogen-bond donors (Lipinski definition) is 1. The van der Waals surface area contributed by atoms with Gasteiger partial charge in [-0.3, -0.25) is 9.59 Å². The molecular weight excluding hydrogens is 703 g/mol. The highest BCUT2D eigenvalue weighted by molar-refractivity contribution is 5.72. The molecule has 0 aliphatic heterocycles. The SMILES string of the molecule is CCCCC/C=C/C/C=C/C/C=C/C/C=C/C/C=C/CCCCC(=O)OC(COCCC(C(=O)O)[N+](C)(C)C)COC(=O)CCCCCCCCCCCCC. The molecular formula is C48H84NO7+. The van der Waals surface area contributed by atoms with Gasteiger partial charge in [0.2, 0.25) is 0 Å². The normalized spacial score (nSPS) is 13.5. The second-order valence-electron chi connectivity index (χ2n) is 16.0. The predicted molar refractivity (Wildman–Crippen MR) is 234 cm³/mol. The topological polar surface area (TPSA) is 99.1 Å². The average Bonchev–Trinajstić information content (AvgIpc) is 3.15. The van der Waals surface area contributed by atoms with Crippen LogP contribution in [0.15, 0.2) is 60.8 Å². The van der Waals surface area contributed by atoms with E-state index in [4.69, 9.17) is 14.2 Å². The Labute approximate surface area is 343 Å². The van der Waals surface area contributed by atoms with Crippen molar-refractivity contribution in [2.24, 2.45) is 0 Å². The lowest BCUT2D eigenvalue weighted by Gasteiger charge is -2.31. The molecule has 322 valence electrons. The first-order chi connectivity index (χ1) is 27.1. The van der Waals surface area contributed by atoms with Gasteiger partial charge in [0.1, 0.15) is 6.61 Å².